The summed E-state index contributed by atoms with van der Waals surface area (Å²) < 4.78 is 5.41. The first-order valence-electron chi connectivity index (χ1n) is 6.65. The number of carbonyl (C=O) groups is 1. The molecule has 1 atom stereocenters. The lowest BCUT2D eigenvalue weighted by molar-refractivity contribution is -0.140. The van der Waals surface area contributed by atoms with E-state index in [2.05, 4.69) is 9.97 Å². The second kappa shape index (κ2) is 6.04. The zero-order valence-electron chi connectivity index (χ0n) is 11.6. The van der Waals surface area contributed by atoms with Gasteiger partial charge in [-0.15, -0.1) is 0 Å². The summed E-state index contributed by atoms with van der Waals surface area (Å²) in [5.41, 5.74) is -0.194. The van der Waals surface area contributed by atoms with Gasteiger partial charge in [-0.3, -0.25) is 9.59 Å². The summed E-state index contributed by atoms with van der Waals surface area (Å²) in [6.45, 7) is 5.37. The van der Waals surface area contributed by atoms with Crippen LogP contribution < -0.4 is 10.5 Å². The van der Waals surface area contributed by atoms with Gasteiger partial charge in [0, 0.05) is 25.1 Å². The lowest BCUT2D eigenvalue weighted by atomic mass is 10.2. The molecule has 0 aromatic carbocycles. The quantitative estimate of drug-likeness (QED) is 0.838. The Kier molecular flexibility index (Phi) is 4.39. The second-order valence-corrected chi connectivity index (χ2v) is 5.18. The minimum atomic E-state index is -0.890. The molecule has 110 valence electrons. The molecule has 0 spiro atoms. The third-order valence-corrected chi connectivity index (χ3v) is 3.16. The molecular weight excluding hydrogens is 262 g/mol. The third kappa shape index (κ3) is 3.57. The largest absolute Gasteiger partial charge is 0.481 e. The smallest absolute Gasteiger partial charge is 0.306 e. The highest BCUT2D eigenvalue weighted by atomic mass is 16.5. The lowest BCUT2D eigenvalue weighted by Crippen LogP contribution is -2.44. The van der Waals surface area contributed by atoms with E-state index in [0.717, 1.165) is 0 Å². The molecule has 1 saturated heterocycles. The molecule has 1 unspecified atom stereocenters. The number of anilines is 1. The number of aliphatic carboxylic acids is 1. The standard InChI is InChI=1S/C13H19N3O4/c1-8(2)13-14-10(6-11(17)15-13)16-3-4-20-9(7-16)5-12(18)19/h6,8-9H,3-5,7H2,1-2H3,(H,18,19)(H,14,15,17). The van der Waals surface area contributed by atoms with Crippen molar-refractivity contribution in [2.24, 2.45) is 0 Å². The number of hydrogen-bond acceptors (Lipinski definition) is 5. The molecule has 7 heteroatoms. The van der Waals surface area contributed by atoms with Crippen LogP contribution in [-0.2, 0) is 9.53 Å². The van der Waals surface area contributed by atoms with Crippen LogP contribution in [0.2, 0.25) is 0 Å². The number of nitrogens with one attached hydrogen (secondary N) is 1. The Morgan fingerprint density at radius 3 is 3.05 bits per heavy atom. The van der Waals surface area contributed by atoms with Crippen molar-refractivity contribution in [2.75, 3.05) is 24.6 Å². The molecule has 0 saturated carbocycles. The van der Waals surface area contributed by atoms with Crippen molar-refractivity contribution >= 4 is 11.8 Å². The van der Waals surface area contributed by atoms with E-state index in [1.54, 1.807) is 0 Å². The van der Waals surface area contributed by atoms with Gasteiger partial charge >= 0.3 is 5.97 Å². The summed E-state index contributed by atoms with van der Waals surface area (Å²) in [4.78, 5) is 31.5. The van der Waals surface area contributed by atoms with Crippen molar-refractivity contribution in [1.82, 2.24) is 9.97 Å². The Balaban J connectivity index is 2.18. The molecule has 7 nitrogen and oxygen atoms in total. The van der Waals surface area contributed by atoms with Gasteiger partial charge < -0.3 is 19.7 Å². The zero-order valence-corrected chi connectivity index (χ0v) is 11.6. The number of morpholine rings is 1. The Hall–Kier alpha value is -1.89. The summed E-state index contributed by atoms with van der Waals surface area (Å²) in [5.74, 6) is 0.446. The topological polar surface area (TPSA) is 95.5 Å². The highest BCUT2D eigenvalue weighted by molar-refractivity contribution is 5.67. The fourth-order valence-corrected chi connectivity index (χ4v) is 2.14. The number of rotatable bonds is 4. The number of ether oxygens (including phenoxy) is 1. The maximum absolute atomic E-state index is 11.7. The number of aromatic amines is 1. The van der Waals surface area contributed by atoms with E-state index in [-0.39, 0.29) is 24.0 Å². The van der Waals surface area contributed by atoms with Crippen LogP contribution >= 0.6 is 0 Å². The van der Waals surface area contributed by atoms with E-state index in [1.165, 1.54) is 6.07 Å². The minimum absolute atomic E-state index is 0.0449. The molecule has 1 aromatic heterocycles. The van der Waals surface area contributed by atoms with Gasteiger partial charge in [-0.1, -0.05) is 13.8 Å². The summed E-state index contributed by atoms with van der Waals surface area (Å²) in [7, 11) is 0. The molecule has 2 N–H and O–H groups in total. The number of hydrogen-bond donors (Lipinski definition) is 2. The molecule has 1 fully saturated rings. The van der Waals surface area contributed by atoms with Crippen LogP contribution in [-0.4, -0.2) is 46.8 Å². The van der Waals surface area contributed by atoms with Crippen molar-refractivity contribution in [2.45, 2.75) is 32.3 Å². The van der Waals surface area contributed by atoms with Gasteiger partial charge in [0.1, 0.15) is 11.6 Å². The fourth-order valence-electron chi connectivity index (χ4n) is 2.14. The van der Waals surface area contributed by atoms with Gasteiger partial charge in [-0.2, -0.15) is 0 Å². The van der Waals surface area contributed by atoms with Crippen LogP contribution in [0.3, 0.4) is 0 Å². The number of carboxylic acid groups (broad SMARTS) is 1. The first kappa shape index (κ1) is 14.5. The van der Waals surface area contributed by atoms with Crippen molar-refractivity contribution < 1.29 is 14.6 Å². The minimum Gasteiger partial charge on any atom is -0.481 e. The predicted octanol–water partition coefficient (Wildman–Crippen LogP) is 0.573. The van der Waals surface area contributed by atoms with Crippen molar-refractivity contribution in [1.29, 1.82) is 0 Å². The Bertz CT molecular complexity index is 541. The van der Waals surface area contributed by atoms with Gasteiger partial charge in [-0.25, -0.2) is 4.98 Å². The molecule has 2 heterocycles. The van der Waals surface area contributed by atoms with E-state index in [1.807, 2.05) is 18.7 Å². The normalized spacial score (nSPS) is 19.4. The highest BCUT2D eigenvalue weighted by Crippen LogP contribution is 2.17. The maximum atomic E-state index is 11.7. The Morgan fingerprint density at radius 1 is 1.65 bits per heavy atom. The molecule has 1 aliphatic heterocycles. The van der Waals surface area contributed by atoms with Gasteiger partial charge in [0.05, 0.1) is 19.1 Å². The molecule has 0 amide bonds. The number of carboxylic acids is 1. The van der Waals surface area contributed by atoms with Crippen LogP contribution in [0.15, 0.2) is 10.9 Å². The van der Waals surface area contributed by atoms with Gasteiger partial charge in [0.2, 0.25) is 0 Å². The van der Waals surface area contributed by atoms with E-state index < -0.39 is 5.97 Å². The monoisotopic (exact) mass is 281 g/mol. The SMILES string of the molecule is CC(C)c1nc(N2CCOC(CC(=O)O)C2)cc(=O)[nH]1. The zero-order chi connectivity index (χ0) is 14.7. The van der Waals surface area contributed by atoms with Crippen molar-refractivity contribution in [3.05, 3.63) is 22.2 Å². The summed E-state index contributed by atoms with van der Waals surface area (Å²) in [6.07, 6.45) is -0.415. The lowest BCUT2D eigenvalue weighted by Gasteiger charge is -2.33. The first-order chi connectivity index (χ1) is 9.45. The molecule has 20 heavy (non-hydrogen) atoms. The van der Waals surface area contributed by atoms with E-state index >= 15 is 0 Å². The van der Waals surface area contributed by atoms with Crippen LogP contribution in [0, 0.1) is 0 Å². The summed E-state index contributed by atoms with van der Waals surface area (Å²) in [6, 6.07) is 1.44. The van der Waals surface area contributed by atoms with Crippen LogP contribution in [0.4, 0.5) is 5.82 Å². The maximum Gasteiger partial charge on any atom is 0.306 e. The van der Waals surface area contributed by atoms with Gasteiger partial charge in [-0.05, 0) is 0 Å². The number of H-pyrrole nitrogens is 1. The van der Waals surface area contributed by atoms with E-state index in [4.69, 9.17) is 9.84 Å². The highest BCUT2D eigenvalue weighted by Gasteiger charge is 2.24. The Morgan fingerprint density at radius 2 is 2.40 bits per heavy atom. The third-order valence-electron chi connectivity index (χ3n) is 3.16. The summed E-state index contributed by atoms with van der Waals surface area (Å²) in [5, 5.41) is 8.81. The van der Waals surface area contributed by atoms with Crippen LogP contribution in [0.5, 0.6) is 0 Å². The van der Waals surface area contributed by atoms with E-state index in [9.17, 15) is 9.59 Å². The number of nitrogens with zero attached hydrogens (tertiary/aromatic N) is 2. The van der Waals surface area contributed by atoms with E-state index in [0.29, 0.717) is 31.3 Å². The molecule has 1 aliphatic rings. The molecule has 0 aliphatic carbocycles. The average Bonchev–Trinajstić information content (AvgIpc) is 2.37. The Labute approximate surface area is 116 Å². The summed E-state index contributed by atoms with van der Waals surface area (Å²) >= 11 is 0. The fraction of sp³-hybridized carbons (Fsp3) is 0.615. The van der Waals surface area contributed by atoms with Crippen LogP contribution in [0.1, 0.15) is 32.0 Å². The first-order valence-corrected chi connectivity index (χ1v) is 6.65. The average molecular weight is 281 g/mol. The molecule has 0 radical (unpaired) electrons. The molecular formula is C13H19N3O4. The van der Waals surface area contributed by atoms with Crippen molar-refractivity contribution in [3.8, 4) is 0 Å². The van der Waals surface area contributed by atoms with Gasteiger partial charge in [0.15, 0.2) is 0 Å². The molecule has 0 bridgehead atoms. The van der Waals surface area contributed by atoms with Crippen molar-refractivity contribution in [3.63, 3.8) is 0 Å². The van der Waals surface area contributed by atoms with Gasteiger partial charge in [0.25, 0.3) is 5.56 Å². The molecule has 2 rings (SSSR count). The number of aromatic nitrogens is 2. The van der Waals surface area contributed by atoms with Crippen LogP contribution in [0.25, 0.3) is 0 Å². The predicted molar refractivity (Wildman–Crippen MR) is 73.2 cm³/mol. The second-order valence-electron chi connectivity index (χ2n) is 5.18. The molecule has 1 aromatic rings.